The van der Waals surface area contributed by atoms with Crippen molar-refractivity contribution in [1.29, 1.82) is 0 Å². The predicted octanol–water partition coefficient (Wildman–Crippen LogP) is -2.14. The molecule has 6 nitrogen and oxygen atoms in total. The molecule has 0 aliphatic heterocycles. The maximum absolute atomic E-state index is 10.8. The van der Waals surface area contributed by atoms with Crippen LogP contribution in [0.5, 0.6) is 0 Å². The monoisotopic (exact) mass is 190 g/mol. The van der Waals surface area contributed by atoms with Crippen molar-refractivity contribution in [3.8, 4) is 0 Å². The molecule has 76 valence electrons. The molecule has 13 heavy (non-hydrogen) atoms. The number of methoxy groups -OCH3 is 1. The Hall–Kier alpha value is -1.14. The van der Waals surface area contributed by atoms with Crippen LogP contribution in [0.25, 0.3) is 0 Å². The molecule has 0 radical (unpaired) electrons. The Labute approximate surface area is 76.3 Å². The van der Waals surface area contributed by atoms with Gasteiger partial charge < -0.3 is 20.5 Å². The number of hydrogen-bond acceptors (Lipinski definition) is 4. The van der Waals surface area contributed by atoms with Crippen LogP contribution in [0.4, 0.5) is 0 Å². The van der Waals surface area contributed by atoms with E-state index in [0.717, 1.165) is 0 Å². The number of amides is 2. The Kier molecular flexibility index (Phi) is 6.85. The van der Waals surface area contributed by atoms with Gasteiger partial charge in [-0.05, 0) is 0 Å². The van der Waals surface area contributed by atoms with Crippen LogP contribution in [-0.2, 0) is 14.3 Å². The summed E-state index contributed by atoms with van der Waals surface area (Å²) >= 11 is 0. The number of nitrogens with one attached hydrogen (secondary N) is 2. The first-order valence-electron chi connectivity index (χ1n) is 3.81. The Morgan fingerprint density at radius 3 is 2.85 bits per heavy atom. The number of ether oxygens (including phenoxy) is 1. The zero-order chi connectivity index (χ0) is 10.1. The average Bonchev–Trinajstić information content (AvgIpc) is 2.12. The van der Waals surface area contributed by atoms with Gasteiger partial charge in [0.1, 0.15) is 6.61 Å². The molecule has 1 unspecified atom stereocenters. The van der Waals surface area contributed by atoms with Crippen LogP contribution in [0.15, 0.2) is 0 Å². The second kappa shape index (κ2) is 7.51. The third-order valence-electron chi connectivity index (χ3n) is 1.25. The molecule has 0 aromatic rings. The SMILES string of the molecule is COCC(=O)NCC(O)CNC=O. The number of hydrogen-bond donors (Lipinski definition) is 3. The summed E-state index contributed by atoms with van der Waals surface area (Å²) in [5, 5.41) is 13.8. The lowest BCUT2D eigenvalue weighted by molar-refractivity contribution is -0.125. The van der Waals surface area contributed by atoms with Crippen molar-refractivity contribution in [3.05, 3.63) is 0 Å². The minimum atomic E-state index is -0.772. The predicted molar refractivity (Wildman–Crippen MR) is 45.0 cm³/mol. The van der Waals surface area contributed by atoms with Gasteiger partial charge in [-0.1, -0.05) is 0 Å². The highest BCUT2D eigenvalue weighted by molar-refractivity contribution is 5.77. The van der Waals surface area contributed by atoms with Gasteiger partial charge in [-0.25, -0.2) is 0 Å². The van der Waals surface area contributed by atoms with Crippen LogP contribution >= 0.6 is 0 Å². The van der Waals surface area contributed by atoms with Crippen LogP contribution in [-0.4, -0.2) is 50.3 Å². The number of aliphatic hydroxyl groups excluding tert-OH is 1. The molecule has 0 aliphatic rings. The molecule has 0 aromatic heterocycles. The molecule has 1 atom stereocenters. The lowest BCUT2D eigenvalue weighted by Gasteiger charge is -2.10. The van der Waals surface area contributed by atoms with Crippen LogP contribution < -0.4 is 10.6 Å². The molecule has 0 rings (SSSR count). The Morgan fingerprint density at radius 1 is 1.62 bits per heavy atom. The number of aliphatic hydroxyl groups is 1. The van der Waals surface area contributed by atoms with E-state index in [1.807, 2.05) is 0 Å². The molecule has 0 bridgehead atoms. The maximum atomic E-state index is 10.8. The van der Waals surface area contributed by atoms with E-state index < -0.39 is 6.10 Å². The minimum Gasteiger partial charge on any atom is -0.389 e. The summed E-state index contributed by atoms with van der Waals surface area (Å²) in [7, 11) is 1.41. The van der Waals surface area contributed by atoms with Crippen molar-refractivity contribution in [2.45, 2.75) is 6.10 Å². The van der Waals surface area contributed by atoms with Crippen molar-refractivity contribution in [3.63, 3.8) is 0 Å². The summed E-state index contributed by atoms with van der Waals surface area (Å²) in [5.74, 6) is -0.298. The quantitative estimate of drug-likeness (QED) is 0.400. The van der Waals surface area contributed by atoms with Crippen molar-refractivity contribution in [1.82, 2.24) is 10.6 Å². The van der Waals surface area contributed by atoms with E-state index in [2.05, 4.69) is 15.4 Å². The van der Waals surface area contributed by atoms with E-state index in [1.165, 1.54) is 7.11 Å². The van der Waals surface area contributed by atoms with E-state index in [9.17, 15) is 9.59 Å². The molecule has 2 amide bonds. The molecule has 0 aliphatic carbocycles. The van der Waals surface area contributed by atoms with Gasteiger partial charge in [0.25, 0.3) is 0 Å². The van der Waals surface area contributed by atoms with Crippen molar-refractivity contribution in [2.75, 3.05) is 26.8 Å². The molecule has 0 spiro atoms. The summed E-state index contributed by atoms with van der Waals surface area (Å²) in [6.07, 6.45) is -0.286. The summed E-state index contributed by atoms with van der Waals surface area (Å²) in [5.41, 5.74) is 0. The molecule has 0 saturated carbocycles. The smallest absolute Gasteiger partial charge is 0.246 e. The number of rotatable bonds is 7. The fraction of sp³-hybridized carbons (Fsp3) is 0.714. The number of carbonyl (C=O) groups is 2. The lowest BCUT2D eigenvalue weighted by Crippen LogP contribution is -2.39. The van der Waals surface area contributed by atoms with Crippen LogP contribution in [0.2, 0.25) is 0 Å². The highest BCUT2D eigenvalue weighted by atomic mass is 16.5. The van der Waals surface area contributed by atoms with Crippen molar-refractivity contribution < 1.29 is 19.4 Å². The zero-order valence-electron chi connectivity index (χ0n) is 7.45. The first-order chi connectivity index (χ1) is 6.20. The molecule has 0 aromatic carbocycles. The largest absolute Gasteiger partial charge is 0.389 e. The Balaban J connectivity index is 3.39. The van der Waals surface area contributed by atoms with Gasteiger partial charge in [0, 0.05) is 20.2 Å². The number of carbonyl (C=O) groups excluding carboxylic acids is 2. The summed E-state index contributed by atoms with van der Waals surface area (Å²) in [4.78, 5) is 20.6. The van der Waals surface area contributed by atoms with E-state index in [4.69, 9.17) is 5.11 Å². The highest BCUT2D eigenvalue weighted by Gasteiger charge is 2.05. The van der Waals surface area contributed by atoms with E-state index in [1.54, 1.807) is 0 Å². The normalized spacial score (nSPS) is 11.8. The third kappa shape index (κ3) is 7.23. The second-order valence-electron chi connectivity index (χ2n) is 2.42. The average molecular weight is 190 g/mol. The van der Waals surface area contributed by atoms with Gasteiger partial charge in [-0.3, -0.25) is 9.59 Å². The first kappa shape index (κ1) is 11.9. The first-order valence-corrected chi connectivity index (χ1v) is 3.81. The van der Waals surface area contributed by atoms with Gasteiger partial charge in [-0.15, -0.1) is 0 Å². The second-order valence-corrected chi connectivity index (χ2v) is 2.42. The Bertz CT molecular complexity index is 163. The van der Waals surface area contributed by atoms with Crippen LogP contribution in [0, 0.1) is 0 Å². The fourth-order valence-corrected chi connectivity index (χ4v) is 0.670. The molecular weight excluding hydrogens is 176 g/mol. The Morgan fingerprint density at radius 2 is 2.31 bits per heavy atom. The maximum Gasteiger partial charge on any atom is 0.246 e. The molecule has 0 saturated heterocycles. The molecular formula is C7H14N2O4. The zero-order valence-corrected chi connectivity index (χ0v) is 7.45. The highest BCUT2D eigenvalue weighted by Crippen LogP contribution is 1.77. The van der Waals surface area contributed by atoms with Crippen LogP contribution in [0.3, 0.4) is 0 Å². The van der Waals surface area contributed by atoms with E-state index in [0.29, 0.717) is 6.41 Å². The minimum absolute atomic E-state index is 0.0339. The lowest BCUT2D eigenvalue weighted by atomic mass is 10.3. The van der Waals surface area contributed by atoms with Gasteiger partial charge in [0.15, 0.2) is 0 Å². The molecule has 0 heterocycles. The fourth-order valence-electron chi connectivity index (χ4n) is 0.670. The van der Waals surface area contributed by atoms with E-state index >= 15 is 0 Å². The van der Waals surface area contributed by atoms with Gasteiger partial charge >= 0.3 is 0 Å². The standard InChI is InChI=1S/C7H14N2O4/c1-13-4-7(12)9-3-6(11)2-8-5-10/h5-6,11H,2-4H2,1H3,(H,8,10)(H,9,12). The molecule has 3 N–H and O–H groups in total. The summed E-state index contributed by atoms with van der Waals surface area (Å²) in [6.45, 7) is 0.188. The van der Waals surface area contributed by atoms with Gasteiger partial charge in [0.05, 0.1) is 6.10 Å². The van der Waals surface area contributed by atoms with Crippen molar-refractivity contribution >= 4 is 12.3 Å². The summed E-state index contributed by atoms with van der Waals surface area (Å²) in [6, 6.07) is 0. The molecule has 0 fully saturated rings. The topological polar surface area (TPSA) is 87.7 Å². The van der Waals surface area contributed by atoms with Gasteiger partial charge in [-0.2, -0.15) is 0 Å². The third-order valence-corrected chi connectivity index (χ3v) is 1.25. The molecule has 6 heteroatoms. The van der Waals surface area contributed by atoms with Crippen molar-refractivity contribution in [2.24, 2.45) is 0 Å². The van der Waals surface area contributed by atoms with Crippen LogP contribution in [0.1, 0.15) is 0 Å². The van der Waals surface area contributed by atoms with Gasteiger partial charge in [0.2, 0.25) is 12.3 Å². The summed E-state index contributed by atoms with van der Waals surface area (Å²) < 4.78 is 4.55. The van der Waals surface area contributed by atoms with E-state index in [-0.39, 0.29) is 25.6 Å².